The molecular formula is C25H31FN2O2. The van der Waals surface area contributed by atoms with Crippen molar-refractivity contribution < 1.29 is 14.3 Å². The molecule has 2 aromatic rings. The van der Waals surface area contributed by atoms with Gasteiger partial charge in [0.15, 0.2) is 0 Å². The van der Waals surface area contributed by atoms with Gasteiger partial charge in [-0.05, 0) is 43.5 Å². The van der Waals surface area contributed by atoms with Gasteiger partial charge in [0, 0.05) is 12.1 Å². The quantitative estimate of drug-likeness (QED) is 0.662. The molecule has 0 bridgehead atoms. The second-order valence-electron chi connectivity index (χ2n) is 8.58. The van der Waals surface area contributed by atoms with E-state index < -0.39 is 17.6 Å². The van der Waals surface area contributed by atoms with E-state index in [4.69, 9.17) is 0 Å². The van der Waals surface area contributed by atoms with Crippen LogP contribution in [0.3, 0.4) is 0 Å². The summed E-state index contributed by atoms with van der Waals surface area (Å²) in [6, 6.07) is 14.0. The van der Waals surface area contributed by atoms with Crippen molar-refractivity contribution in [1.82, 2.24) is 5.32 Å². The number of hydrogen-bond acceptors (Lipinski definition) is 3. The Labute approximate surface area is 178 Å². The van der Waals surface area contributed by atoms with Crippen molar-refractivity contribution in [2.75, 3.05) is 18.0 Å². The van der Waals surface area contributed by atoms with Crippen LogP contribution in [-0.4, -0.2) is 30.2 Å². The molecule has 4 rings (SSSR count). The smallest absolute Gasteiger partial charge is 0.238 e. The minimum Gasteiger partial charge on any atom is -0.389 e. The Balaban J connectivity index is 1.81. The standard InChI is InChI=1S/C25H31FN2O2/c1-2-16-27-17-21(29)23(18-10-5-3-6-11-18)28-20-13-9-12-19(26)22(20)25(24(28)30)14-7-4-8-15-25/h3,5-6,9-13,21,23,27,29H,2,4,7-8,14-17H2,1H3/t21-,23+/m1/s1. The van der Waals surface area contributed by atoms with Gasteiger partial charge in [0.05, 0.1) is 23.2 Å². The summed E-state index contributed by atoms with van der Waals surface area (Å²) in [5, 5.41) is 14.5. The number of fused-ring (bicyclic) bond motifs is 2. The molecule has 2 aliphatic rings. The van der Waals surface area contributed by atoms with Gasteiger partial charge in [-0.1, -0.05) is 62.6 Å². The van der Waals surface area contributed by atoms with Gasteiger partial charge in [0.2, 0.25) is 5.91 Å². The maximum Gasteiger partial charge on any atom is 0.238 e. The Bertz CT molecular complexity index is 880. The van der Waals surface area contributed by atoms with Crippen LogP contribution in [0.25, 0.3) is 0 Å². The van der Waals surface area contributed by atoms with Crippen LogP contribution in [0.5, 0.6) is 0 Å². The molecule has 5 heteroatoms. The molecule has 2 aromatic carbocycles. The molecule has 1 heterocycles. The number of halogens is 1. The molecule has 2 N–H and O–H groups in total. The SMILES string of the molecule is CCCNC[C@@H](O)[C@H](c1ccccc1)N1C(=O)C2(CCCCC2)c2c(F)cccc21. The lowest BCUT2D eigenvalue weighted by atomic mass is 9.70. The third kappa shape index (κ3) is 3.54. The van der Waals surface area contributed by atoms with Crippen molar-refractivity contribution in [3.05, 3.63) is 65.5 Å². The number of anilines is 1. The zero-order valence-corrected chi connectivity index (χ0v) is 17.6. The van der Waals surface area contributed by atoms with Crippen molar-refractivity contribution in [2.24, 2.45) is 0 Å². The summed E-state index contributed by atoms with van der Waals surface area (Å²) < 4.78 is 15.1. The lowest BCUT2D eigenvalue weighted by Crippen LogP contribution is -2.48. The van der Waals surface area contributed by atoms with Gasteiger partial charge < -0.3 is 15.3 Å². The number of hydrogen-bond donors (Lipinski definition) is 2. The molecular weight excluding hydrogens is 379 g/mol. The van der Waals surface area contributed by atoms with Gasteiger partial charge in [-0.25, -0.2) is 4.39 Å². The van der Waals surface area contributed by atoms with Gasteiger partial charge in [0.1, 0.15) is 5.82 Å². The van der Waals surface area contributed by atoms with E-state index in [1.165, 1.54) is 6.07 Å². The van der Waals surface area contributed by atoms with Crippen LogP contribution in [-0.2, 0) is 10.2 Å². The summed E-state index contributed by atoms with van der Waals surface area (Å²) in [4.78, 5) is 15.7. The van der Waals surface area contributed by atoms with E-state index in [1.54, 1.807) is 11.0 Å². The number of nitrogens with one attached hydrogen (secondary N) is 1. The van der Waals surface area contributed by atoms with Crippen molar-refractivity contribution in [2.45, 2.75) is 63.0 Å². The number of amides is 1. The number of benzene rings is 2. The fourth-order valence-corrected chi connectivity index (χ4v) is 5.26. The summed E-state index contributed by atoms with van der Waals surface area (Å²) >= 11 is 0. The van der Waals surface area contributed by atoms with Gasteiger partial charge in [-0.3, -0.25) is 4.79 Å². The van der Waals surface area contributed by atoms with Crippen LogP contribution < -0.4 is 10.2 Å². The first-order chi connectivity index (χ1) is 14.6. The number of aliphatic hydroxyl groups excluding tert-OH is 1. The number of carbonyl (C=O) groups excluding carboxylic acids is 1. The zero-order chi connectivity index (χ0) is 21.1. The maximum atomic E-state index is 15.1. The van der Waals surface area contributed by atoms with E-state index in [-0.39, 0.29) is 11.7 Å². The maximum absolute atomic E-state index is 15.1. The van der Waals surface area contributed by atoms with Crippen LogP contribution in [0.15, 0.2) is 48.5 Å². The Kier molecular flexibility index (Phi) is 6.21. The van der Waals surface area contributed by atoms with Crippen LogP contribution in [0, 0.1) is 5.82 Å². The predicted octanol–water partition coefficient (Wildman–Crippen LogP) is 4.48. The predicted molar refractivity (Wildman–Crippen MR) is 117 cm³/mol. The largest absolute Gasteiger partial charge is 0.389 e. The highest BCUT2D eigenvalue weighted by Gasteiger charge is 2.55. The Morgan fingerprint density at radius 3 is 2.53 bits per heavy atom. The van der Waals surface area contributed by atoms with E-state index in [0.717, 1.165) is 37.8 Å². The van der Waals surface area contributed by atoms with E-state index in [1.807, 2.05) is 36.4 Å². The first-order valence-electron chi connectivity index (χ1n) is 11.2. The van der Waals surface area contributed by atoms with Crippen molar-refractivity contribution in [3.63, 3.8) is 0 Å². The third-order valence-corrected chi connectivity index (χ3v) is 6.63. The van der Waals surface area contributed by atoms with Crippen molar-refractivity contribution in [1.29, 1.82) is 0 Å². The molecule has 1 saturated carbocycles. The summed E-state index contributed by atoms with van der Waals surface area (Å²) in [5.41, 5.74) is 1.21. The first kappa shape index (κ1) is 21.0. The third-order valence-electron chi connectivity index (χ3n) is 6.63. The van der Waals surface area contributed by atoms with E-state index in [9.17, 15) is 9.90 Å². The fraction of sp³-hybridized carbons (Fsp3) is 0.480. The minimum absolute atomic E-state index is 0.0642. The number of carbonyl (C=O) groups is 1. The molecule has 4 nitrogen and oxygen atoms in total. The number of aliphatic hydroxyl groups is 1. The molecule has 1 aliphatic carbocycles. The average molecular weight is 411 g/mol. The summed E-state index contributed by atoms with van der Waals surface area (Å²) in [7, 11) is 0. The molecule has 1 spiro atoms. The highest BCUT2D eigenvalue weighted by Crippen LogP contribution is 2.53. The first-order valence-corrected chi connectivity index (χ1v) is 11.2. The highest BCUT2D eigenvalue weighted by molar-refractivity contribution is 6.09. The Hall–Kier alpha value is -2.24. The molecule has 1 fully saturated rings. The van der Waals surface area contributed by atoms with E-state index in [0.29, 0.717) is 30.6 Å². The lowest BCUT2D eigenvalue weighted by Gasteiger charge is -2.36. The fourth-order valence-electron chi connectivity index (χ4n) is 5.26. The van der Waals surface area contributed by atoms with Gasteiger partial charge in [-0.15, -0.1) is 0 Å². The summed E-state index contributed by atoms with van der Waals surface area (Å²) in [6.45, 7) is 3.24. The van der Waals surface area contributed by atoms with Crippen LogP contribution in [0.2, 0.25) is 0 Å². The minimum atomic E-state index is -0.808. The molecule has 0 saturated heterocycles. The molecule has 1 amide bonds. The molecule has 0 radical (unpaired) electrons. The second-order valence-corrected chi connectivity index (χ2v) is 8.58. The van der Waals surface area contributed by atoms with Crippen LogP contribution >= 0.6 is 0 Å². The summed E-state index contributed by atoms with van der Waals surface area (Å²) in [6.07, 6.45) is 4.41. The van der Waals surface area contributed by atoms with Crippen molar-refractivity contribution in [3.8, 4) is 0 Å². The Morgan fingerprint density at radius 1 is 1.10 bits per heavy atom. The molecule has 2 atom stereocenters. The molecule has 0 unspecified atom stereocenters. The second kappa shape index (κ2) is 8.86. The number of nitrogens with zero attached hydrogens (tertiary/aromatic N) is 1. The monoisotopic (exact) mass is 410 g/mol. The molecule has 1 aliphatic heterocycles. The normalized spacial score (nSPS) is 19.7. The Morgan fingerprint density at radius 2 is 1.83 bits per heavy atom. The number of rotatable bonds is 7. The van der Waals surface area contributed by atoms with Crippen molar-refractivity contribution >= 4 is 11.6 Å². The highest BCUT2D eigenvalue weighted by atomic mass is 19.1. The van der Waals surface area contributed by atoms with Gasteiger partial charge in [0.25, 0.3) is 0 Å². The van der Waals surface area contributed by atoms with E-state index in [2.05, 4.69) is 12.2 Å². The molecule has 0 aromatic heterocycles. The molecule has 160 valence electrons. The van der Waals surface area contributed by atoms with Crippen LogP contribution in [0.4, 0.5) is 10.1 Å². The summed E-state index contributed by atoms with van der Waals surface area (Å²) in [5.74, 6) is -0.374. The van der Waals surface area contributed by atoms with Crippen LogP contribution in [0.1, 0.15) is 62.6 Å². The van der Waals surface area contributed by atoms with Gasteiger partial charge in [-0.2, -0.15) is 0 Å². The topological polar surface area (TPSA) is 52.6 Å². The zero-order valence-electron chi connectivity index (χ0n) is 17.6. The average Bonchev–Trinajstić information content (AvgIpc) is 2.99. The van der Waals surface area contributed by atoms with E-state index >= 15 is 4.39 Å². The molecule has 30 heavy (non-hydrogen) atoms. The van der Waals surface area contributed by atoms with Gasteiger partial charge >= 0.3 is 0 Å². The lowest BCUT2D eigenvalue weighted by molar-refractivity contribution is -0.125.